The van der Waals surface area contributed by atoms with Crippen LogP contribution in [0.5, 0.6) is 0 Å². The van der Waals surface area contributed by atoms with Crippen molar-refractivity contribution < 1.29 is 29.0 Å². The molecule has 2 bridgehead atoms. The van der Waals surface area contributed by atoms with Gasteiger partial charge in [-0.1, -0.05) is 39.8 Å². The van der Waals surface area contributed by atoms with Gasteiger partial charge in [-0.3, -0.25) is 14.4 Å². The fraction of sp³-hybridized carbons (Fsp3) is 0.788. The fourth-order valence-electron chi connectivity index (χ4n) is 7.96. The number of allylic oxidation sites excluding steroid dienone is 1. The Bertz CT molecular complexity index is 987. The number of rotatable bonds is 16. The zero-order valence-electron chi connectivity index (χ0n) is 26.4. The SMILES string of the molecule is C=CCCCOC(=O)[C@@H]1[C@H]2C(=O)N(CCCCCO)C(C(=O)N(CC=C)C(C)(C)CC(C)(C)C)C23CC[C@@]1(CC)O3. The van der Waals surface area contributed by atoms with Crippen molar-refractivity contribution >= 4 is 17.8 Å². The average Bonchev–Trinajstić information content (AvgIpc) is 3.49. The Morgan fingerprint density at radius 2 is 1.83 bits per heavy atom. The minimum atomic E-state index is -1.08. The van der Waals surface area contributed by atoms with E-state index < -0.39 is 40.6 Å². The second-order valence-corrected chi connectivity index (χ2v) is 14.0. The predicted octanol–water partition coefficient (Wildman–Crippen LogP) is 5.04. The zero-order valence-corrected chi connectivity index (χ0v) is 26.4. The molecule has 0 saturated carbocycles. The lowest BCUT2D eigenvalue weighted by Gasteiger charge is -2.45. The number of hydrogen-bond acceptors (Lipinski definition) is 6. The van der Waals surface area contributed by atoms with E-state index in [2.05, 4.69) is 47.8 Å². The molecule has 2 unspecified atom stereocenters. The molecular weight excluding hydrogens is 520 g/mol. The van der Waals surface area contributed by atoms with Crippen LogP contribution in [0.1, 0.15) is 99.3 Å². The Hall–Kier alpha value is -2.19. The zero-order chi connectivity index (χ0) is 30.6. The molecule has 0 radical (unpaired) electrons. The second kappa shape index (κ2) is 13.0. The van der Waals surface area contributed by atoms with E-state index in [1.54, 1.807) is 17.1 Å². The summed E-state index contributed by atoms with van der Waals surface area (Å²) in [5.74, 6) is -2.25. The van der Waals surface area contributed by atoms with E-state index in [0.29, 0.717) is 51.6 Å². The van der Waals surface area contributed by atoms with Crippen LogP contribution in [0.25, 0.3) is 0 Å². The van der Waals surface area contributed by atoms with Gasteiger partial charge in [0.2, 0.25) is 11.8 Å². The molecule has 3 saturated heterocycles. The molecule has 3 fully saturated rings. The number of hydrogen-bond donors (Lipinski definition) is 1. The van der Waals surface area contributed by atoms with Crippen LogP contribution in [0.15, 0.2) is 25.3 Å². The summed E-state index contributed by atoms with van der Waals surface area (Å²) in [6.45, 7) is 21.3. The number of carbonyl (C=O) groups excluding carboxylic acids is 3. The van der Waals surface area contributed by atoms with Gasteiger partial charge in [0, 0.05) is 25.2 Å². The summed E-state index contributed by atoms with van der Waals surface area (Å²) in [5.41, 5.74) is -2.44. The number of aliphatic hydroxyl groups excluding tert-OH is 1. The van der Waals surface area contributed by atoms with Crippen molar-refractivity contribution in [2.75, 3.05) is 26.3 Å². The largest absolute Gasteiger partial charge is 0.465 e. The molecule has 8 heteroatoms. The van der Waals surface area contributed by atoms with Crippen molar-refractivity contribution in [3.63, 3.8) is 0 Å². The normalized spacial score (nSPS) is 29.0. The first-order valence-corrected chi connectivity index (χ1v) is 15.6. The van der Waals surface area contributed by atoms with Crippen molar-refractivity contribution in [1.82, 2.24) is 9.80 Å². The van der Waals surface area contributed by atoms with E-state index >= 15 is 0 Å². The van der Waals surface area contributed by atoms with Crippen LogP contribution < -0.4 is 0 Å². The molecule has 3 rings (SSSR count). The Kier molecular flexibility index (Phi) is 10.6. The first kappa shape index (κ1) is 33.3. The standard InChI is InChI=1S/C33H54N2O6/c1-9-12-16-22-40-29(39)25-24-27(37)34(20-14-13-15-21-36)26(33(24)18-17-32(25,11-3)41-33)28(38)35(19-10-2)31(7,8)23-30(4,5)6/h9-10,24-26,36H,1-2,11-23H2,3-8H3/t24-,25-,26?,32+,33?/m0/s1. The van der Waals surface area contributed by atoms with E-state index in [1.807, 2.05) is 11.8 Å². The number of amides is 2. The van der Waals surface area contributed by atoms with Gasteiger partial charge in [0.15, 0.2) is 0 Å². The van der Waals surface area contributed by atoms with Gasteiger partial charge in [-0.25, -0.2) is 0 Å². The highest BCUT2D eigenvalue weighted by Gasteiger charge is 2.79. The summed E-state index contributed by atoms with van der Waals surface area (Å²) in [5, 5.41) is 9.31. The Balaban J connectivity index is 2.05. The Morgan fingerprint density at radius 1 is 1.12 bits per heavy atom. The van der Waals surface area contributed by atoms with Gasteiger partial charge in [-0.15, -0.1) is 13.2 Å². The maximum absolute atomic E-state index is 14.8. The van der Waals surface area contributed by atoms with Gasteiger partial charge in [0.05, 0.1) is 18.1 Å². The summed E-state index contributed by atoms with van der Waals surface area (Å²) < 4.78 is 12.6. The highest BCUT2D eigenvalue weighted by atomic mass is 16.6. The molecule has 3 aliphatic rings. The predicted molar refractivity (Wildman–Crippen MR) is 160 cm³/mol. The molecule has 0 aromatic rings. The third-order valence-corrected chi connectivity index (χ3v) is 9.29. The van der Waals surface area contributed by atoms with Crippen LogP contribution in [0.3, 0.4) is 0 Å². The maximum atomic E-state index is 14.8. The number of fused-ring (bicyclic) bond motifs is 1. The molecular formula is C33H54N2O6. The van der Waals surface area contributed by atoms with E-state index in [0.717, 1.165) is 19.3 Å². The van der Waals surface area contributed by atoms with E-state index in [9.17, 15) is 19.5 Å². The summed E-state index contributed by atoms with van der Waals surface area (Å²) in [7, 11) is 0. The monoisotopic (exact) mass is 574 g/mol. The average molecular weight is 575 g/mol. The number of carbonyl (C=O) groups is 3. The lowest BCUT2D eigenvalue weighted by molar-refractivity contribution is -0.163. The first-order valence-electron chi connectivity index (χ1n) is 15.6. The maximum Gasteiger partial charge on any atom is 0.312 e. The summed E-state index contributed by atoms with van der Waals surface area (Å²) in [6.07, 6.45) is 9.43. The summed E-state index contributed by atoms with van der Waals surface area (Å²) in [6, 6.07) is -0.833. The van der Waals surface area contributed by atoms with Gasteiger partial charge in [-0.05, 0) is 77.0 Å². The summed E-state index contributed by atoms with van der Waals surface area (Å²) in [4.78, 5) is 46.3. The third-order valence-electron chi connectivity index (χ3n) is 9.29. The van der Waals surface area contributed by atoms with Gasteiger partial charge >= 0.3 is 5.97 Å². The molecule has 0 aromatic carbocycles. The van der Waals surface area contributed by atoms with Crippen LogP contribution in [0.4, 0.5) is 0 Å². The Labute approximate surface area is 247 Å². The van der Waals surface area contributed by atoms with E-state index in [1.165, 1.54) is 0 Å². The highest BCUT2D eigenvalue weighted by Crippen LogP contribution is 2.64. The second-order valence-electron chi connectivity index (χ2n) is 14.0. The number of esters is 1. The lowest BCUT2D eigenvalue weighted by atomic mass is 9.65. The van der Waals surface area contributed by atoms with E-state index in [-0.39, 0.29) is 30.4 Å². The number of unbranched alkanes of at least 4 members (excludes halogenated alkanes) is 3. The molecule has 1 N–H and O–H groups in total. The molecule has 232 valence electrons. The molecule has 41 heavy (non-hydrogen) atoms. The number of nitrogens with zero attached hydrogens (tertiary/aromatic N) is 2. The summed E-state index contributed by atoms with van der Waals surface area (Å²) >= 11 is 0. The van der Waals surface area contributed by atoms with Gasteiger partial charge in [-0.2, -0.15) is 0 Å². The first-order chi connectivity index (χ1) is 19.2. The smallest absolute Gasteiger partial charge is 0.312 e. The molecule has 5 atom stereocenters. The van der Waals surface area contributed by atoms with Crippen molar-refractivity contribution in [1.29, 1.82) is 0 Å². The Morgan fingerprint density at radius 3 is 2.41 bits per heavy atom. The van der Waals surface area contributed by atoms with Crippen molar-refractivity contribution in [2.24, 2.45) is 17.3 Å². The van der Waals surface area contributed by atoms with Gasteiger partial charge in [0.1, 0.15) is 17.6 Å². The number of ether oxygens (including phenoxy) is 2. The van der Waals surface area contributed by atoms with E-state index in [4.69, 9.17) is 9.47 Å². The molecule has 0 aliphatic carbocycles. The van der Waals surface area contributed by atoms with Crippen LogP contribution in [-0.4, -0.2) is 81.8 Å². The van der Waals surface area contributed by atoms with Crippen LogP contribution in [-0.2, 0) is 23.9 Å². The van der Waals surface area contributed by atoms with Crippen LogP contribution in [0, 0.1) is 17.3 Å². The molecule has 8 nitrogen and oxygen atoms in total. The molecule has 3 aliphatic heterocycles. The molecule has 1 spiro atoms. The minimum absolute atomic E-state index is 0.0332. The quantitative estimate of drug-likeness (QED) is 0.158. The van der Waals surface area contributed by atoms with Gasteiger partial charge < -0.3 is 24.4 Å². The number of likely N-dealkylation sites (tertiary alicyclic amines) is 1. The topological polar surface area (TPSA) is 96.4 Å². The lowest BCUT2D eigenvalue weighted by Crippen LogP contribution is -2.61. The molecule has 2 amide bonds. The number of aliphatic hydroxyl groups is 1. The molecule has 0 aromatic heterocycles. The third kappa shape index (κ3) is 6.43. The van der Waals surface area contributed by atoms with Crippen LogP contribution >= 0.6 is 0 Å². The van der Waals surface area contributed by atoms with Gasteiger partial charge in [0.25, 0.3) is 0 Å². The van der Waals surface area contributed by atoms with Crippen molar-refractivity contribution in [2.45, 2.75) is 122 Å². The van der Waals surface area contributed by atoms with Crippen LogP contribution in [0.2, 0.25) is 0 Å². The highest BCUT2D eigenvalue weighted by molar-refractivity contribution is 5.98. The molecule has 3 heterocycles. The fourth-order valence-corrected chi connectivity index (χ4v) is 7.96. The van der Waals surface area contributed by atoms with Crippen molar-refractivity contribution in [3.05, 3.63) is 25.3 Å². The minimum Gasteiger partial charge on any atom is -0.465 e. The van der Waals surface area contributed by atoms with Crippen molar-refractivity contribution in [3.8, 4) is 0 Å².